The molecule has 0 radical (unpaired) electrons. The molecule has 1 fully saturated rings. The summed E-state index contributed by atoms with van der Waals surface area (Å²) in [7, 11) is 0. The van der Waals surface area contributed by atoms with Gasteiger partial charge in [0, 0.05) is 5.56 Å². The standard InChI is InChI=1S/C24H24F4O2/c1-2-3-4-5-14-6-8-15(9-7-14)17-10-11-18(24(29)30)22(27)21(17)16-12-19(25)23(28)20(26)13-16/h3-4,10-15H,2,5-9H2,1H3,(H,29,30)/b4-3+. The molecule has 1 N–H and O–H groups in total. The van der Waals surface area contributed by atoms with Crippen LogP contribution >= 0.6 is 0 Å². The summed E-state index contributed by atoms with van der Waals surface area (Å²) < 4.78 is 56.2. The number of benzene rings is 2. The predicted molar refractivity (Wildman–Crippen MR) is 107 cm³/mol. The van der Waals surface area contributed by atoms with Gasteiger partial charge in [0.25, 0.3) is 0 Å². The van der Waals surface area contributed by atoms with Crippen molar-refractivity contribution in [3.05, 3.63) is 70.8 Å². The van der Waals surface area contributed by atoms with Gasteiger partial charge in [-0.05, 0) is 79.7 Å². The van der Waals surface area contributed by atoms with Gasteiger partial charge in [0.2, 0.25) is 0 Å². The van der Waals surface area contributed by atoms with Crippen molar-refractivity contribution in [3.63, 3.8) is 0 Å². The molecule has 1 aliphatic carbocycles. The van der Waals surface area contributed by atoms with E-state index in [1.54, 1.807) is 0 Å². The third kappa shape index (κ3) is 4.58. The molecule has 2 aromatic rings. The van der Waals surface area contributed by atoms with Crippen molar-refractivity contribution in [1.82, 2.24) is 0 Å². The van der Waals surface area contributed by atoms with E-state index in [0.717, 1.165) is 38.5 Å². The van der Waals surface area contributed by atoms with E-state index in [4.69, 9.17) is 0 Å². The van der Waals surface area contributed by atoms with E-state index in [2.05, 4.69) is 19.1 Å². The van der Waals surface area contributed by atoms with Gasteiger partial charge < -0.3 is 5.11 Å². The minimum Gasteiger partial charge on any atom is -0.478 e. The molecule has 160 valence electrons. The highest BCUT2D eigenvalue weighted by molar-refractivity contribution is 5.90. The molecule has 0 heterocycles. The highest BCUT2D eigenvalue weighted by atomic mass is 19.2. The SMILES string of the molecule is CC/C=C/CC1CCC(c2ccc(C(=O)O)c(F)c2-c2cc(F)c(F)c(F)c2)CC1. The zero-order valence-electron chi connectivity index (χ0n) is 16.7. The van der Waals surface area contributed by atoms with Crippen molar-refractivity contribution in [1.29, 1.82) is 0 Å². The van der Waals surface area contributed by atoms with Crippen molar-refractivity contribution in [2.45, 2.75) is 51.4 Å². The number of halogens is 4. The highest BCUT2D eigenvalue weighted by Crippen LogP contribution is 2.43. The van der Waals surface area contributed by atoms with Gasteiger partial charge in [0.05, 0.1) is 5.56 Å². The van der Waals surface area contributed by atoms with Gasteiger partial charge >= 0.3 is 5.97 Å². The van der Waals surface area contributed by atoms with Gasteiger partial charge in [-0.3, -0.25) is 0 Å². The molecule has 2 nitrogen and oxygen atoms in total. The lowest BCUT2D eigenvalue weighted by Crippen LogP contribution is -2.15. The predicted octanol–water partition coefficient (Wildman–Crippen LogP) is 7.24. The Morgan fingerprint density at radius 3 is 2.20 bits per heavy atom. The second-order valence-corrected chi connectivity index (χ2v) is 7.78. The van der Waals surface area contributed by atoms with Gasteiger partial charge in [0.1, 0.15) is 5.82 Å². The number of carboxylic acid groups (broad SMARTS) is 1. The number of carbonyl (C=O) groups is 1. The van der Waals surface area contributed by atoms with Crippen molar-refractivity contribution >= 4 is 5.97 Å². The minimum atomic E-state index is -1.64. The molecule has 0 spiro atoms. The third-order valence-electron chi connectivity index (χ3n) is 5.84. The zero-order valence-corrected chi connectivity index (χ0v) is 16.7. The molecule has 0 amide bonds. The zero-order chi connectivity index (χ0) is 21.8. The van der Waals surface area contributed by atoms with Crippen molar-refractivity contribution in [2.24, 2.45) is 5.92 Å². The maximum absolute atomic E-state index is 15.1. The smallest absolute Gasteiger partial charge is 0.338 e. The van der Waals surface area contributed by atoms with Crippen LogP contribution in [0.5, 0.6) is 0 Å². The average Bonchev–Trinajstić information content (AvgIpc) is 2.72. The Kier molecular flexibility index (Phi) is 6.95. The highest BCUT2D eigenvalue weighted by Gasteiger charge is 2.28. The molecule has 0 bridgehead atoms. The minimum absolute atomic E-state index is 0.0695. The summed E-state index contributed by atoms with van der Waals surface area (Å²) in [5, 5.41) is 9.27. The summed E-state index contributed by atoms with van der Waals surface area (Å²) in [6.45, 7) is 2.07. The van der Waals surface area contributed by atoms with E-state index in [-0.39, 0.29) is 17.0 Å². The maximum Gasteiger partial charge on any atom is 0.338 e. The van der Waals surface area contributed by atoms with Gasteiger partial charge in [-0.1, -0.05) is 25.1 Å². The summed E-state index contributed by atoms with van der Waals surface area (Å²) in [6.07, 6.45) is 9.63. The maximum atomic E-state index is 15.1. The molecule has 30 heavy (non-hydrogen) atoms. The Morgan fingerprint density at radius 1 is 1.00 bits per heavy atom. The van der Waals surface area contributed by atoms with Gasteiger partial charge in [0.15, 0.2) is 17.5 Å². The van der Waals surface area contributed by atoms with Crippen LogP contribution in [0.15, 0.2) is 36.4 Å². The number of aromatic carboxylic acids is 1. The lowest BCUT2D eigenvalue weighted by Gasteiger charge is -2.30. The number of carboxylic acids is 1. The Morgan fingerprint density at radius 2 is 1.63 bits per heavy atom. The van der Waals surface area contributed by atoms with Crippen LogP contribution in [0.3, 0.4) is 0 Å². The first-order valence-corrected chi connectivity index (χ1v) is 10.2. The summed E-state index contributed by atoms with van der Waals surface area (Å²) in [4.78, 5) is 11.4. The molecule has 1 aliphatic rings. The fourth-order valence-corrected chi connectivity index (χ4v) is 4.25. The van der Waals surface area contributed by atoms with Gasteiger partial charge in [-0.15, -0.1) is 0 Å². The van der Waals surface area contributed by atoms with E-state index >= 15 is 4.39 Å². The van der Waals surface area contributed by atoms with Crippen LogP contribution in [0.2, 0.25) is 0 Å². The summed E-state index contributed by atoms with van der Waals surface area (Å²) >= 11 is 0. The van der Waals surface area contributed by atoms with Crippen LogP contribution in [0, 0.1) is 29.2 Å². The largest absolute Gasteiger partial charge is 0.478 e. The van der Waals surface area contributed by atoms with Crippen molar-refractivity contribution < 1.29 is 27.5 Å². The molecule has 3 rings (SSSR count). The topological polar surface area (TPSA) is 37.3 Å². The molecule has 0 saturated heterocycles. The Labute approximate surface area is 173 Å². The van der Waals surface area contributed by atoms with Crippen LogP contribution in [0.1, 0.15) is 67.3 Å². The number of hydrogen-bond donors (Lipinski definition) is 1. The lowest BCUT2D eigenvalue weighted by molar-refractivity contribution is 0.0692. The van der Waals surface area contributed by atoms with Crippen molar-refractivity contribution in [3.8, 4) is 11.1 Å². The fraction of sp³-hybridized carbons (Fsp3) is 0.375. The molecule has 1 saturated carbocycles. The fourth-order valence-electron chi connectivity index (χ4n) is 4.25. The van der Waals surface area contributed by atoms with E-state index in [1.807, 2.05) is 0 Å². The van der Waals surface area contributed by atoms with Crippen LogP contribution in [-0.4, -0.2) is 11.1 Å². The lowest BCUT2D eigenvalue weighted by atomic mass is 9.75. The normalized spacial score (nSPS) is 19.4. The first-order chi connectivity index (χ1) is 14.3. The van der Waals surface area contributed by atoms with Gasteiger partial charge in [-0.25, -0.2) is 22.4 Å². The molecule has 0 aliphatic heterocycles. The number of rotatable bonds is 6. The molecule has 0 aromatic heterocycles. The van der Waals surface area contributed by atoms with Crippen LogP contribution in [-0.2, 0) is 0 Å². The molecule has 0 atom stereocenters. The number of hydrogen-bond acceptors (Lipinski definition) is 1. The molecular weight excluding hydrogens is 396 g/mol. The summed E-state index contributed by atoms with van der Waals surface area (Å²) in [5.41, 5.74) is -0.445. The summed E-state index contributed by atoms with van der Waals surface area (Å²) in [5.74, 6) is -6.61. The van der Waals surface area contributed by atoms with E-state index < -0.39 is 34.8 Å². The van der Waals surface area contributed by atoms with Crippen molar-refractivity contribution in [2.75, 3.05) is 0 Å². The second-order valence-electron chi connectivity index (χ2n) is 7.78. The molecule has 2 aromatic carbocycles. The van der Waals surface area contributed by atoms with Crippen LogP contribution < -0.4 is 0 Å². The molecular formula is C24H24F4O2. The second kappa shape index (κ2) is 9.45. The van der Waals surface area contributed by atoms with Crippen LogP contribution in [0.4, 0.5) is 17.6 Å². The third-order valence-corrected chi connectivity index (χ3v) is 5.84. The first kappa shape index (κ1) is 22.1. The quantitative estimate of drug-likeness (QED) is 0.304. The van der Waals surface area contributed by atoms with E-state index in [9.17, 15) is 23.1 Å². The summed E-state index contributed by atoms with van der Waals surface area (Å²) in [6, 6.07) is 4.13. The van der Waals surface area contributed by atoms with E-state index in [1.165, 1.54) is 12.1 Å². The van der Waals surface area contributed by atoms with Crippen LogP contribution in [0.25, 0.3) is 11.1 Å². The monoisotopic (exact) mass is 420 g/mol. The average molecular weight is 420 g/mol. The Hall–Kier alpha value is -2.63. The van der Waals surface area contributed by atoms with E-state index in [0.29, 0.717) is 23.6 Å². The Balaban J connectivity index is 1.99. The van der Waals surface area contributed by atoms with Gasteiger partial charge in [-0.2, -0.15) is 0 Å². The molecule has 6 heteroatoms. The first-order valence-electron chi connectivity index (χ1n) is 10.2. The number of allylic oxidation sites excluding steroid dienone is 2. The molecule has 0 unspecified atom stereocenters. The Bertz CT molecular complexity index is 937.